The van der Waals surface area contributed by atoms with Gasteiger partial charge in [0.1, 0.15) is 23.2 Å². The molecule has 6 heteroatoms. The zero-order chi connectivity index (χ0) is 18.5. The number of aliphatic hydroxyl groups is 1. The minimum Gasteiger partial charge on any atom is -0.491 e. The van der Waals surface area contributed by atoms with Crippen LogP contribution in [-0.4, -0.2) is 39.3 Å². The van der Waals surface area contributed by atoms with Crippen molar-refractivity contribution in [2.45, 2.75) is 25.0 Å². The van der Waals surface area contributed by atoms with E-state index in [1.807, 2.05) is 31.2 Å². The van der Waals surface area contributed by atoms with Crippen molar-refractivity contribution in [3.05, 3.63) is 59.9 Å². The van der Waals surface area contributed by atoms with E-state index < -0.39 is 6.10 Å². The number of hydrogen-bond donors (Lipinski definition) is 1. The predicted molar refractivity (Wildman–Crippen MR) is 103 cm³/mol. The summed E-state index contributed by atoms with van der Waals surface area (Å²) in [6.45, 7) is 3.52. The molecule has 26 heavy (non-hydrogen) atoms. The van der Waals surface area contributed by atoms with Crippen LogP contribution in [0.2, 0.25) is 0 Å². The summed E-state index contributed by atoms with van der Waals surface area (Å²) in [4.78, 5) is 20.3. The van der Waals surface area contributed by atoms with Crippen molar-refractivity contribution in [1.82, 2.24) is 9.97 Å². The highest BCUT2D eigenvalue weighted by atomic mass is 32.2. The average Bonchev–Trinajstić information content (AvgIpc) is 2.64. The molecule has 0 saturated carbocycles. The maximum absolute atomic E-state index is 11.4. The quantitative estimate of drug-likeness (QED) is 0.390. The molecule has 0 amide bonds. The van der Waals surface area contributed by atoms with E-state index in [9.17, 15) is 9.90 Å². The van der Waals surface area contributed by atoms with Crippen LogP contribution in [0.15, 0.2) is 53.6 Å². The number of aromatic nitrogens is 2. The van der Waals surface area contributed by atoms with E-state index in [-0.39, 0.29) is 12.4 Å². The van der Waals surface area contributed by atoms with Gasteiger partial charge in [0.05, 0.1) is 11.6 Å². The van der Waals surface area contributed by atoms with Gasteiger partial charge < -0.3 is 9.84 Å². The van der Waals surface area contributed by atoms with Crippen molar-refractivity contribution in [3.8, 4) is 5.75 Å². The first-order chi connectivity index (χ1) is 12.5. The lowest BCUT2D eigenvalue weighted by Crippen LogP contribution is -2.20. The molecular weight excluding hydrogens is 348 g/mol. The molecular formula is C20H20N2O3S. The van der Waals surface area contributed by atoms with E-state index >= 15 is 0 Å². The molecule has 3 aromatic rings. The minimum absolute atomic E-state index is 0.0161. The number of ether oxygens (including phenoxy) is 1. The van der Waals surface area contributed by atoms with Crippen molar-refractivity contribution in [2.75, 3.05) is 12.4 Å². The monoisotopic (exact) mass is 368 g/mol. The average molecular weight is 368 g/mol. The fourth-order valence-electron chi connectivity index (χ4n) is 2.49. The fraction of sp³-hybridized carbons (Fsp3) is 0.250. The second kappa shape index (κ2) is 8.29. The number of thioether (sulfide) groups is 1. The van der Waals surface area contributed by atoms with Gasteiger partial charge in [0.25, 0.3) is 0 Å². The van der Waals surface area contributed by atoms with E-state index in [2.05, 4.69) is 9.97 Å². The number of benzene rings is 2. The Hall–Kier alpha value is -2.44. The Balaban J connectivity index is 1.60. The maximum atomic E-state index is 11.4. The highest BCUT2D eigenvalue weighted by Gasteiger charge is 2.11. The zero-order valence-electron chi connectivity index (χ0n) is 14.7. The summed E-state index contributed by atoms with van der Waals surface area (Å²) in [6.07, 6.45) is -0.657. The molecule has 3 rings (SSSR count). The van der Waals surface area contributed by atoms with Gasteiger partial charge in [0.2, 0.25) is 0 Å². The van der Waals surface area contributed by atoms with Crippen molar-refractivity contribution in [3.63, 3.8) is 0 Å². The Labute approximate surface area is 156 Å². The number of fused-ring (bicyclic) bond motifs is 1. The van der Waals surface area contributed by atoms with E-state index in [4.69, 9.17) is 4.74 Å². The molecule has 0 bridgehead atoms. The van der Waals surface area contributed by atoms with Gasteiger partial charge in [-0.25, -0.2) is 9.97 Å². The molecule has 0 aliphatic carbocycles. The summed E-state index contributed by atoms with van der Waals surface area (Å²) in [7, 11) is 0. The molecule has 5 nitrogen and oxygen atoms in total. The summed E-state index contributed by atoms with van der Waals surface area (Å²) >= 11 is 1.48. The number of aryl methyl sites for hydroxylation is 1. The highest BCUT2D eigenvalue weighted by molar-refractivity contribution is 7.99. The third kappa shape index (κ3) is 4.59. The predicted octanol–water partition coefficient (Wildman–Crippen LogP) is 3.67. The molecule has 1 atom stereocenters. The van der Waals surface area contributed by atoms with Crippen LogP contribution in [0, 0.1) is 6.92 Å². The Morgan fingerprint density at radius 3 is 2.81 bits per heavy atom. The van der Waals surface area contributed by atoms with Crippen LogP contribution >= 0.6 is 11.8 Å². The first-order valence-electron chi connectivity index (χ1n) is 8.31. The van der Waals surface area contributed by atoms with Crippen LogP contribution in [0.1, 0.15) is 23.1 Å². The largest absolute Gasteiger partial charge is 0.491 e. The number of ketones is 1. The number of carbonyl (C=O) groups excluding carboxylic acids is 1. The van der Waals surface area contributed by atoms with Crippen LogP contribution in [0.3, 0.4) is 0 Å². The van der Waals surface area contributed by atoms with Crippen LogP contribution in [0.25, 0.3) is 10.9 Å². The van der Waals surface area contributed by atoms with E-state index in [0.29, 0.717) is 22.9 Å². The molecule has 0 saturated heterocycles. The Kier molecular flexibility index (Phi) is 5.85. The number of nitrogens with zero attached hydrogens (tertiary/aromatic N) is 2. The van der Waals surface area contributed by atoms with Gasteiger partial charge in [-0.15, -0.1) is 11.8 Å². The summed E-state index contributed by atoms with van der Waals surface area (Å²) in [5, 5.41) is 12.1. The smallest absolute Gasteiger partial charge is 0.159 e. The molecule has 1 heterocycles. The molecule has 0 spiro atoms. The van der Waals surface area contributed by atoms with Crippen LogP contribution in [0.4, 0.5) is 0 Å². The summed E-state index contributed by atoms with van der Waals surface area (Å²) < 4.78 is 5.61. The lowest BCUT2D eigenvalue weighted by atomic mass is 10.1. The van der Waals surface area contributed by atoms with Gasteiger partial charge in [0.15, 0.2) is 5.78 Å². The standard InChI is InChI=1S/C20H20N2O3S/c1-13(23)15-6-5-7-17(10-15)25-11-16(24)12-26-20-18-8-3-4-9-19(18)21-14(2)22-20/h3-10,16,24H,11-12H2,1-2H3/t16-/m1/s1. The van der Waals surface area contributed by atoms with E-state index in [1.165, 1.54) is 18.7 Å². The van der Waals surface area contributed by atoms with Gasteiger partial charge >= 0.3 is 0 Å². The molecule has 0 radical (unpaired) electrons. The number of para-hydroxylation sites is 1. The number of aliphatic hydroxyl groups excluding tert-OH is 1. The van der Waals surface area contributed by atoms with Gasteiger partial charge in [0, 0.05) is 16.7 Å². The third-order valence-electron chi connectivity index (χ3n) is 3.78. The Bertz CT molecular complexity index is 930. The Morgan fingerprint density at radius 1 is 1.19 bits per heavy atom. The number of Topliss-reactive ketones (excluding diaryl/α,β-unsaturated/α-hetero) is 1. The SMILES string of the molecule is CC(=O)c1cccc(OC[C@@H](O)CSc2nc(C)nc3ccccc23)c1. The van der Waals surface area contributed by atoms with E-state index in [0.717, 1.165) is 15.9 Å². The number of carbonyl (C=O) groups is 1. The molecule has 0 fully saturated rings. The number of hydrogen-bond acceptors (Lipinski definition) is 6. The highest BCUT2D eigenvalue weighted by Crippen LogP contribution is 2.26. The minimum atomic E-state index is -0.657. The summed E-state index contributed by atoms with van der Waals surface area (Å²) in [5.41, 5.74) is 1.49. The maximum Gasteiger partial charge on any atom is 0.159 e. The molecule has 1 N–H and O–H groups in total. The fourth-order valence-corrected chi connectivity index (χ4v) is 3.46. The summed E-state index contributed by atoms with van der Waals surface area (Å²) in [6, 6.07) is 14.8. The second-order valence-electron chi connectivity index (χ2n) is 5.95. The zero-order valence-corrected chi connectivity index (χ0v) is 15.5. The number of rotatable bonds is 7. The van der Waals surface area contributed by atoms with Gasteiger partial charge in [-0.05, 0) is 32.0 Å². The normalized spacial score (nSPS) is 12.1. The molecule has 134 valence electrons. The van der Waals surface area contributed by atoms with Crippen molar-refractivity contribution in [1.29, 1.82) is 0 Å². The topological polar surface area (TPSA) is 72.3 Å². The lowest BCUT2D eigenvalue weighted by molar-refractivity contribution is 0.101. The molecule has 0 unspecified atom stereocenters. The van der Waals surface area contributed by atoms with Crippen LogP contribution in [0.5, 0.6) is 5.75 Å². The molecule has 0 aliphatic heterocycles. The van der Waals surface area contributed by atoms with Crippen molar-refractivity contribution < 1.29 is 14.6 Å². The van der Waals surface area contributed by atoms with Crippen LogP contribution < -0.4 is 4.74 Å². The third-order valence-corrected chi connectivity index (χ3v) is 4.91. The Morgan fingerprint density at radius 2 is 2.00 bits per heavy atom. The summed E-state index contributed by atoms with van der Waals surface area (Å²) in [5.74, 6) is 1.72. The van der Waals surface area contributed by atoms with Gasteiger partial charge in [-0.2, -0.15) is 0 Å². The van der Waals surface area contributed by atoms with E-state index in [1.54, 1.807) is 24.3 Å². The van der Waals surface area contributed by atoms with Crippen molar-refractivity contribution in [2.24, 2.45) is 0 Å². The van der Waals surface area contributed by atoms with Gasteiger partial charge in [-0.1, -0.05) is 30.3 Å². The van der Waals surface area contributed by atoms with Gasteiger partial charge in [-0.3, -0.25) is 4.79 Å². The first-order valence-corrected chi connectivity index (χ1v) is 9.29. The molecule has 2 aromatic carbocycles. The molecule has 0 aliphatic rings. The van der Waals surface area contributed by atoms with Crippen molar-refractivity contribution >= 4 is 28.4 Å². The first kappa shape index (κ1) is 18.4. The second-order valence-corrected chi connectivity index (χ2v) is 6.96. The van der Waals surface area contributed by atoms with Crippen LogP contribution in [-0.2, 0) is 0 Å². The molecule has 1 aromatic heterocycles. The lowest BCUT2D eigenvalue weighted by Gasteiger charge is -2.13.